The van der Waals surface area contributed by atoms with Gasteiger partial charge in [0.2, 0.25) is 0 Å². The molecule has 0 bridgehead atoms. The van der Waals surface area contributed by atoms with Crippen LogP contribution in [0.25, 0.3) is 10.9 Å². The van der Waals surface area contributed by atoms with Crippen LogP contribution >= 0.6 is 0 Å². The minimum absolute atomic E-state index is 0.137. The third-order valence-electron chi connectivity index (χ3n) is 6.50. The highest BCUT2D eigenvalue weighted by Gasteiger charge is 2.23. The number of ether oxygens (including phenoxy) is 1. The Morgan fingerprint density at radius 3 is 2.49 bits per heavy atom. The van der Waals surface area contributed by atoms with E-state index in [0.717, 1.165) is 60.2 Å². The van der Waals surface area contributed by atoms with Crippen LogP contribution in [0.3, 0.4) is 0 Å². The van der Waals surface area contributed by atoms with Crippen molar-refractivity contribution in [3.8, 4) is 5.75 Å². The first kappa shape index (κ1) is 25.1. The summed E-state index contributed by atoms with van der Waals surface area (Å²) in [6.45, 7) is 7.64. The molecule has 4 rings (SSSR count). The summed E-state index contributed by atoms with van der Waals surface area (Å²) >= 11 is 0. The van der Waals surface area contributed by atoms with Crippen molar-refractivity contribution in [3.63, 3.8) is 0 Å². The largest absolute Gasteiger partial charge is 0.495 e. The Morgan fingerprint density at radius 2 is 1.83 bits per heavy atom. The van der Waals surface area contributed by atoms with Gasteiger partial charge in [-0.2, -0.15) is 0 Å². The van der Waals surface area contributed by atoms with Crippen molar-refractivity contribution in [2.75, 3.05) is 56.7 Å². The van der Waals surface area contributed by atoms with Crippen LogP contribution in [0, 0.1) is 12.7 Å². The summed E-state index contributed by atoms with van der Waals surface area (Å²) in [5, 5.41) is 13.4. The van der Waals surface area contributed by atoms with Crippen molar-refractivity contribution in [1.29, 1.82) is 0 Å². The lowest BCUT2D eigenvalue weighted by Crippen LogP contribution is -2.47. The van der Waals surface area contributed by atoms with Crippen LogP contribution in [0.2, 0.25) is 0 Å². The molecule has 35 heavy (non-hydrogen) atoms. The molecule has 1 saturated heterocycles. The summed E-state index contributed by atoms with van der Waals surface area (Å²) in [5.41, 5.74) is 2.74. The zero-order valence-electron chi connectivity index (χ0n) is 20.2. The van der Waals surface area contributed by atoms with Gasteiger partial charge in [-0.1, -0.05) is 18.2 Å². The molecule has 1 aliphatic heterocycles. The van der Waals surface area contributed by atoms with Gasteiger partial charge >= 0.3 is 0 Å². The number of aromatic nitrogens is 1. The van der Waals surface area contributed by atoms with Crippen LogP contribution in [-0.4, -0.2) is 61.4 Å². The number of benzene rings is 2. The van der Waals surface area contributed by atoms with Gasteiger partial charge in [0.25, 0.3) is 6.43 Å². The SMILES string of the molecule is COc1cc2nc(C)cc(N[C@H](C)c3cccc(C(F)F)c3F)c2cc1N1CCN(CCO)CC1. The Morgan fingerprint density at radius 1 is 1.11 bits per heavy atom. The maximum atomic E-state index is 14.8. The number of anilines is 2. The van der Waals surface area contributed by atoms with Crippen LogP contribution in [-0.2, 0) is 0 Å². The molecule has 0 radical (unpaired) electrons. The van der Waals surface area contributed by atoms with Gasteiger partial charge in [0, 0.05) is 61.1 Å². The maximum Gasteiger partial charge on any atom is 0.266 e. The first-order valence-electron chi connectivity index (χ1n) is 11.7. The molecule has 1 aromatic heterocycles. The van der Waals surface area contributed by atoms with E-state index in [1.165, 1.54) is 12.1 Å². The van der Waals surface area contributed by atoms with Crippen molar-refractivity contribution in [1.82, 2.24) is 9.88 Å². The minimum Gasteiger partial charge on any atom is -0.495 e. The second-order valence-corrected chi connectivity index (χ2v) is 8.82. The fourth-order valence-electron chi connectivity index (χ4n) is 4.64. The molecule has 0 saturated carbocycles. The number of alkyl halides is 2. The molecule has 6 nitrogen and oxygen atoms in total. The Labute approximate surface area is 203 Å². The molecule has 188 valence electrons. The number of rotatable bonds is 8. The standard InChI is InChI=1S/C26H31F3N4O2/c1-16-13-21(31-17(2)18-5-4-6-19(25(18)27)26(28)29)20-14-23(24(35-3)15-22(20)30-16)33-9-7-32(8-10-33)11-12-34/h4-6,13-15,17,26,34H,7-12H2,1-3H3,(H,30,31)/t17-/m1/s1. The zero-order chi connectivity index (χ0) is 25.1. The number of fused-ring (bicyclic) bond motifs is 1. The minimum atomic E-state index is -2.88. The second-order valence-electron chi connectivity index (χ2n) is 8.82. The van der Waals surface area contributed by atoms with Crippen LogP contribution in [0.1, 0.15) is 36.2 Å². The van der Waals surface area contributed by atoms with Gasteiger partial charge < -0.3 is 20.1 Å². The lowest BCUT2D eigenvalue weighted by molar-refractivity contribution is 0.146. The molecule has 2 heterocycles. The van der Waals surface area contributed by atoms with Crippen molar-refractivity contribution in [3.05, 3.63) is 59.0 Å². The quantitative estimate of drug-likeness (QED) is 0.470. The molecule has 1 aliphatic rings. The predicted molar refractivity (Wildman–Crippen MR) is 132 cm³/mol. The first-order valence-corrected chi connectivity index (χ1v) is 11.7. The van der Waals surface area contributed by atoms with Crippen molar-refractivity contribution in [2.24, 2.45) is 0 Å². The van der Waals surface area contributed by atoms with Gasteiger partial charge in [-0.05, 0) is 26.0 Å². The maximum absolute atomic E-state index is 14.8. The molecule has 0 amide bonds. The fourth-order valence-corrected chi connectivity index (χ4v) is 4.64. The van der Waals surface area contributed by atoms with Gasteiger partial charge in [-0.15, -0.1) is 0 Å². The number of nitrogens with zero attached hydrogens (tertiary/aromatic N) is 3. The number of aryl methyl sites for hydroxylation is 1. The number of piperazine rings is 1. The third kappa shape index (κ3) is 5.31. The summed E-state index contributed by atoms with van der Waals surface area (Å²) in [6, 6.07) is 9.33. The lowest BCUT2D eigenvalue weighted by Gasteiger charge is -2.36. The number of aliphatic hydroxyl groups is 1. The molecule has 3 aromatic rings. The highest BCUT2D eigenvalue weighted by Crippen LogP contribution is 2.38. The number of β-amino-alcohol motifs (C(OH)–C–C–N with tert-alkyl or cyclic N) is 1. The molecule has 1 atom stereocenters. The molecule has 2 aromatic carbocycles. The second kappa shape index (κ2) is 10.7. The Hall–Kier alpha value is -3.04. The molecule has 2 N–H and O–H groups in total. The predicted octanol–water partition coefficient (Wildman–Crippen LogP) is 4.92. The highest BCUT2D eigenvalue weighted by atomic mass is 19.3. The van der Waals surface area contributed by atoms with E-state index in [4.69, 9.17) is 4.74 Å². The van der Waals surface area contributed by atoms with Crippen molar-refractivity contribution < 1.29 is 23.0 Å². The number of methoxy groups -OCH3 is 1. The lowest BCUT2D eigenvalue weighted by atomic mass is 10.0. The van der Waals surface area contributed by atoms with E-state index in [-0.39, 0.29) is 12.2 Å². The Balaban J connectivity index is 1.69. The van der Waals surface area contributed by atoms with E-state index < -0.39 is 23.8 Å². The molecule has 1 fully saturated rings. The van der Waals surface area contributed by atoms with Gasteiger partial charge in [0.15, 0.2) is 0 Å². The number of pyridine rings is 1. The fraction of sp³-hybridized carbons (Fsp3) is 0.423. The normalized spacial score (nSPS) is 15.6. The van der Waals surface area contributed by atoms with E-state index in [9.17, 15) is 18.3 Å². The molecule has 0 spiro atoms. The topological polar surface area (TPSA) is 60.9 Å². The Bertz CT molecular complexity index is 1180. The van der Waals surface area contributed by atoms with Crippen LogP contribution in [0.4, 0.5) is 24.5 Å². The van der Waals surface area contributed by atoms with E-state index >= 15 is 0 Å². The third-order valence-corrected chi connectivity index (χ3v) is 6.50. The highest BCUT2D eigenvalue weighted by molar-refractivity contribution is 5.96. The van der Waals surface area contributed by atoms with Gasteiger partial charge in [-0.25, -0.2) is 13.2 Å². The molecule has 9 heteroatoms. The summed E-state index contributed by atoms with van der Waals surface area (Å²) in [6.07, 6.45) is -2.88. The van der Waals surface area contributed by atoms with Crippen LogP contribution < -0.4 is 15.0 Å². The smallest absolute Gasteiger partial charge is 0.266 e. The van der Waals surface area contributed by atoms with Gasteiger partial charge in [0.05, 0.1) is 36.5 Å². The van der Waals surface area contributed by atoms with Crippen molar-refractivity contribution in [2.45, 2.75) is 26.3 Å². The summed E-state index contributed by atoms with van der Waals surface area (Å²) in [4.78, 5) is 9.11. The van der Waals surface area contributed by atoms with E-state index in [2.05, 4.69) is 20.1 Å². The average Bonchev–Trinajstić information content (AvgIpc) is 2.83. The average molecular weight is 489 g/mol. The summed E-state index contributed by atoms with van der Waals surface area (Å²) in [7, 11) is 1.63. The van der Waals surface area contributed by atoms with Crippen molar-refractivity contribution >= 4 is 22.3 Å². The van der Waals surface area contributed by atoms with Crippen LogP contribution in [0.15, 0.2) is 36.4 Å². The monoisotopic (exact) mass is 488 g/mol. The first-order chi connectivity index (χ1) is 16.8. The molecular formula is C26H31F3N4O2. The Kier molecular flexibility index (Phi) is 7.66. The number of nitrogens with one attached hydrogen (secondary N) is 1. The zero-order valence-corrected chi connectivity index (χ0v) is 20.2. The molecular weight excluding hydrogens is 457 g/mol. The van der Waals surface area contributed by atoms with Gasteiger partial charge in [-0.3, -0.25) is 9.88 Å². The van der Waals surface area contributed by atoms with Crippen LogP contribution in [0.5, 0.6) is 5.75 Å². The summed E-state index contributed by atoms with van der Waals surface area (Å²) in [5.74, 6) is -0.179. The number of hydrogen-bond acceptors (Lipinski definition) is 6. The molecule has 0 unspecified atom stereocenters. The van der Waals surface area contributed by atoms with E-state index in [1.807, 2.05) is 25.1 Å². The van der Waals surface area contributed by atoms with Gasteiger partial charge in [0.1, 0.15) is 11.6 Å². The summed E-state index contributed by atoms with van der Waals surface area (Å²) < 4.78 is 46.9. The van der Waals surface area contributed by atoms with E-state index in [0.29, 0.717) is 12.3 Å². The van der Waals surface area contributed by atoms with E-state index in [1.54, 1.807) is 14.0 Å². The molecule has 0 aliphatic carbocycles. The number of aliphatic hydroxyl groups excluding tert-OH is 1. The number of hydrogen-bond donors (Lipinski definition) is 2. The number of halogens is 3.